The van der Waals surface area contributed by atoms with Gasteiger partial charge in [-0.15, -0.1) is 0 Å². The summed E-state index contributed by atoms with van der Waals surface area (Å²) < 4.78 is 16.8. The van der Waals surface area contributed by atoms with Crippen LogP contribution in [0.2, 0.25) is 0 Å². The minimum atomic E-state index is -0.793. The molecular weight excluding hydrogens is 781 g/mol. The van der Waals surface area contributed by atoms with Crippen molar-refractivity contribution in [3.63, 3.8) is 0 Å². The summed E-state index contributed by atoms with van der Waals surface area (Å²) >= 11 is 0. The molecule has 6 nitrogen and oxygen atoms in total. The molecule has 0 aliphatic heterocycles. The molecule has 0 aliphatic rings. The largest absolute Gasteiger partial charge is 0.462 e. The van der Waals surface area contributed by atoms with E-state index >= 15 is 0 Å². The molecule has 0 heterocycles. The van der Waals surface area contributed by atoms with E-state index < -0.39 is 6.10 Å². The maximum atomic E-state index is 12.8. The van der Waals surface area contributed by atoms with E-state index in [9.17, 15) is 14.4 Å². The van der Waals surface area contributed by atoms with Crippen molar-refractivity contribution in [1.29, 1.82) is 0 Å². The molecule has 1 unspecified atom stereocenters. The summed E-state index contributed by atoms with van der Waals surface area (Å²) in [6.45, 7) is 6.42. The third kappa shape index (κ3) is 49.5. The lowest BCUT2D eigenvalue weighted by Crippen LogP contribution is -2.30. The molecule has 0 fully saturated rings. The summed E-state index contributed by atoms with van der Waals surface area (Å²) in [5.74, 6) is -0.927. The zero-order valence-corrected chi connectivity index (χ0v) is 41.1. The van der Waals surface area contributed by atoms with Crippen LogP contribution in [0, 0.1) is 0 Å². The van der Waals surface area contributed by atoms with E-state index in [1.807, 2.05) is 0 Å². The van der Waals surface area contributed by atoms with Crippen LogP contribution in [0.15, 0.2) is 85.1 Å². The number of hydrogen-bond acceptors (Lipinski definition) is 6. The second-order valence-corrected chi connectivity index (χ2v) is 17.2. The van der Waals surface area contributed by atoms with E-state index in [0.29, 0.717) is 19.3 Å². The average molecular weight is 877 g/mol. The molecule has 63 heavy (non-hydrogen) atoms. The standard InChI is InChI=1S/C57H96O6/c1-4-7-10-13-16-19-22-25-28-31-34-37-40-43-46-49-55(58)61-52-54(63-57(60)51-48-45-42-39-36-33-30-27-24-21-18-15-12-9-6-3)53-62-56(59)50-47-44-41-38-35-32-29-26-23-20-17-14-11-8-5-2/h7,10,13,16-24,26-27,54H,4-6,8-9,11-12,14-15,25,28-53H2,1-3H3/b10-7-,16-13-,20-17-,21-18-,22-19-,26-23-,27-24-. The van der Waals surface area contributed by atoms with E-state index in [-0.39, 0.29) is 31.1 Å². The number of ether oxygens (including phenoxy) is 3. The molecule has 0 aromatic carbocycles. The number of carbonyl (C=O) groups excluding carboxylic acids is 3. The summed E-state index contributed by atoms with van der Waals surface area (Å²) in [7, 11) is 0. The third-order valence-electron chi connectivity index (χ3n) is 11.0. The molecule has 0 radical (unpaired) electrons. The zero-order chi connectivity index (χ0) is 45.8. The monoisotopic (exact) mass is 877 g/mol. The first-order chi connectivity index (χ1) is 31.0. The van der Waals surface area contributed by atoms with E-state index in [1.165, 1.54) is 109 Å². The quantitative estimate of drug-likeness (QED) is 0.0262. The summed E-state index contributed by atoms with van der Waals surface area (Å²) in [6, 6.07) is 0. The first-order valence-electron chi connectivity index (χ1n) is 26.2. The molecule has 0 amide bonds. The Kier molecular flexibility index (Phi) is 48.5. The molecule has 360 valence electrons. The van der Waals surface area contributed by atoms with Gasteiger partial charge in [0.2, 0.25) is 0 Å². The van der Waals surface area contributed by atoms with Gasteiger partial charge in [-0.2, -0.15) is 0 Å². The van der Waals surface area contributed by atoms with Crippen LogP contribution in [0.5, 0.6) is 0 Å². The minimum absolute atomic E-state index is 0.0921. The van der Waals surface area contributed by atoms with Gasteiger partial charge in [-0.05, 0) is 89.9 Å². The maximum Gasteiger partial charge on any atom is 0.306 e. The Morgan fingerprint density at radius 1 is 0.333 bits per heavy atom. The number of rotatable bonds is 46. The molecule has 1 atom stereocenters. The molecule has 0 bridgehead atoms. The summed E-state index contributed by atoms with van der Waals surface area (Å²) in [6.07, 6.45) is 65.5. The molecule has 0 saturated heterocycles. The highest BCUT2D eigenvalue weighted by Crippen LogP contribution is 2.14. The van der Waals surface area contributed by atoms with E-state index in [1.54, 1.807) is 0 Å². The summed E-state index contributed by atoms with van der Waals surface area (Å²) in [4.78, 5) is 38.0. The SMILES string of the molecule is CC\C=C/C=C\C=C/CCCCCCCCCC(=O)OCC(COC(=O)CCCCCCCC/C=C\C=C/CCCCC)OC(=O)CCCCCCCC/C=C\C=C/CCCCC. The van der Waals surface area contributed by atoms with E-state index in [2.05, 4.69) is 106 Å². The van der Waals surface area contributed by atoms with Gasteiger partial charge >= 0.3 is 17.9 Å². The van der Waals surface area contributed by atoms with E-state index in [0.717, 1.165) is 89.9 Å². The minimum Gasteiger partial charge on any atom is -0.462 e. The normalized spacial score (nSPS) is 12.7. The van der Waals surface area contributed by atoms with Gasteiger partial charge in [0.25, 0.3) is 0 Å². The lowest BCUT2D eigenvalue weighted by Gasteiger charge is -2.18. The topological polar surface area (TPSA) is 78.9 Å². The number of esters is 3. The van der Waals surface area contributed by atoms with Crippen LogP contribution < -0.4 is 0 Å². The fourth-order valence-corrected chi connectivity index (χ4v) is 7.01. The Labute approximate surface area is 388 Å². The summed E-state index contributed by atoms with van der Waals surface area (Å²) in [5.41, 5.74) is 0. The molecular formula is C57H96O6. The molecule has 0 rings (SSSR count). The van der Waals surface area contributed by atoms with Crippen molar-refractivity contribution in [2.45, 2.75) is 245 Å². The molecule has 0 spiro atoms. The molecule has 0 aromatic heterocycles. The Bertz CT molecular complexity index is 1240. The average Bonchev–Trinajstić information content (AvgIpc) is 3.28. The maximum absolute atomic E-state index is 12.8. The highest BCUT2D eigenvalue weighted by atomic mass is 16.6. The number of hydrogen-bond donors (Lipinski definition) is 0. The van der Waals surface area contributed by atoms with Crippen LogP contribution in [-0.2, 0) is 28.6 Å². The van der Waals surface area contributed by atoms with Crippen molar-refractivity contribution < 1.29 is 28.6 Å². The summed E-state index contributed by atoms with van der Waals surface area (Å²) in [5, 5.41) is 0. The smallest absolute Gasteiger partial charge is 0.306 e. The van der Waals surface area contributed by atoms with Crippen molar-refractivity contribution in [2.75, 3.05) is 13.2 Å². The van der Waals surface area contributed by atoms with Crippen molar-refractivity contribution in [3.05, 3.63) is 85.1 Å². The van der Waals surface area contributed by atoms with Crippen molar-refractivity contribution in [1.82, 2.24) is 0 Å². The number of unbranched alkanes of at least 4 members (excludes halogenated alkanes) is 25. The second kappa shape index (κ2) is 51.2. The third-order valence-corrected chi connectivity index (χ3v) is 11.0. The predicted molar refractivity (Wildman–Crippen MR) is 270 cm³/mol. The highest BCUT2D eigenvalue weighted by molar-refractivity contribution is 5.71. The van der Waals surface area contributed by atoms with Gasteiger partial charge in [-0.25, -0.2) is 0 Å². The second-order valence-electron chi connectivity index (χ2n) is 17.2. The van der Waals surface area contributed by atoms with Gasteiger partial charge < -0.3 is 14.2 Å². The molecule has 0 N–H and O–H groups in total. The van der Waals surface area contributed by atoms with Gasteiger partial charge in [0, 0.05) is 19.3 Å². The fraction of sp³-hybridized carbons (Fsp3) is 0.702. The van der Waals surface area contributed by atoms with Crippen molar-refractivity contribution in [2.24, 2.45) is 0 Å². The Morgan fingerprint density at radius 2 is 0.619 bits per heavy atom. The number of allylic oxidation sites excluding steroid dienone is 14. The number of carbonyl (C=O) groups is 3. The lowest BCUT2D eigenvalue weighted by molar-refractivity contribution is -0.167. The lowest BCUT2D eigenvalue weighted by atomic mass is 10.1. The van der Waals surface area contributed by atoms with Crippen LogP contribution in [-0.4, -0.2) is 37.2 Å². The molecule has 6 heteroatoms. The van der Waals surface area contributed by atoms with Crippen LogP contribution in [0.4, 0.5) is 0 Å². The van der Waals surface area contributed by atoms with Gasteiger partial charge in [-0.3, -0.25) is 14.4 Å². The van der Waals surface area contributed by atoms with Gasteiger partial charge in [0.05, 0.1) is 0 Å². The van der Waals surface area contributed by atoms with Crippen LogP contribution in [0.3, 0.4) is 0 Å². The zero-order valence-electron chi connectivity index (χ0n) is 41.1. The first-order valence-corrected chi connectivity index (χ1v) is 26.2. The molecule has 0 saturated carbocycles. The Morgan fingerprint density at radius 3 is 0.968 bits per heavy atom. The van der Waals surface area contributed by atoms with E-state index in [4.69, 9.17) is 14.2 Å². The first kappa shape index (κ1) is 59.6. The fourth-order valence-electron chi connectivity index (χ4n) is 7.01. The Balaban J connectivity index is 4.45. The van der Waals surface area contributed by atoms with Gasteiger partial charge in [0.1, 0.15) is 13.2 Å². The van der Waals surface area contributed by atoms with Crippen LogP contribution in [0.25, 0.3) is 0 Å². The van der Waals surface area contributed by atoms with Crippen molar-refractivity contribution >= 4 is 17.9 Å². The Hall–Kier alpha value is -3.41. The molecule has 0 aliphatic carbocycles. The van der Waals surface area contributed by atoms with Gasteiger partial charge in [0.15, 0.2) is 6.10 Å². The van der Waals surface area contributed by atoms with Crippen LogP contribution >= 0.6 is 0 Å². The van der Waals surface area contributed by atoms with Crippen LogP contribution in [0.1, 0.15) is 239 Å². The van der Waals surface area contributed by atoms with Gasteiger partial charge in [-0.1, -0.05) is 215 Å². The highest BCUT2D eigenvalue weighted by Gasteiger charge is 2.19. The predicted octanol–water partition coefficient (Wildman–Crippen LogP) is 17.2. The molecule has 0 aromatic rings. The van der Waals surface area contributed by atoms with Crippen molar-refractivity contribution in [3.8, 4) is 0 Å².